The van der Waals surface area contributed by atoms with Crippen molar-refractivity contribution in [1.82, 2.24) is 0 Å². The Balaban J connectivity index is 1.04. The highest BCUT2D eigenvalue weighted by atomic mass is 16.8. The Morgan fingerprint density at radius 2 is 1.65 bits per heavy atom. The van der Waals surface area contributed by atoms with E-state index in [0.29, 0.717) is 32.5 Å². The number of ether oxygens (including phenoxy) is 9. The van der Waals surface area contributed by atoms with Gasteiger partial charge in [-0.25, -0.2) is 0 Å². The van der Waals surface area contributed by atoms with Gasteiger partial charge in [-0.05, 0) is 68.4 Å². The zero-order valence-electron chi connectivity index (χ0n) is 30.9. The zero-order chi connectivity index (χ0) is 36.1. The van der Waals surface area contributed by atoms with Gasteiger partial charge < -0.3 is 52.8 Å². The second-order valence-corrected chi connectivity index (χ2v) is 16.9. The van der Waals surface area contributed by atoms with Gasteiger partial charge in [0.15, 0.2) is 5.79 Å². The van der Waals surface area contributed by atoms with Gasteiger partial charge in [0, 0.05) is 51.7 Å². The van der Waals surface area contributed by atoms with Crippen LogP contribution in [-0.4, -0.2) is 134 Å². The van der Waals surface area contributed by atoms with E-state index >= 15 is 0 Å². The molecule has 292 valence electrons. The molecular weight excluding hydrogens is 672 g/mol. The lowest BCUT2D eigenvalue weighted by molar-refractivity contribution is -0.344. The van der Waals surface area contributed by atoms with Crippen LogP contribution >= 0.6 is 0 Å². The number of aliphatic hydroxyl groups is 2. The lowest BCUT2D eigenvalue weighted by Crippen LogP contribution is -2.60. The number of rotatable bonds is 4. The molecule has 0 aliphatic carbocycles. The summed E-state index contributed by atoms with van der Waals surface area (Å²) in [5.41, 5.74) is 2.16. The van der Waals surface area contributed by atoms with Crippen LogP contribution in [0.5, 0.6) is 0 Å². The molecule has 10 heterocycles. The van der Waals surface area contributed by atoms with Crippen molar-refractivity contribution in [3.05, 3.63) is 24.3 Å². The molecule has 0 saturated carbocycles. The SMILES string of the molecule is C=C1C[C@@H]2CCO[C@@H]3[C@@H]4CCOC5(C[C@H]6O[C@H](CC[C@@H]6O[C@@H]35)CC(=O)C[C@@H]3[C@@H](OC)[C@@H](C[C@H](O)CO)O[C@H]3C[C@H]3O[C@@H](CC[C@@H]1O2)C[C@@H](C)C3=C)O4. The Hall–Kier alpha value is -1.29. The first-order valence-corrected chi connectivity index (χ1v) is 20.0. The predicted molar refractivity (Wildman–Crippen MR) is 186 cm³/mol. The second kappa shape index (κ2) is 15.7. The summed E-state index contributed by atoms with van der Waals surface area (Å²) in [5.74, 6) is -0.822. The highest BCUT2D eigenvalue weighted by Gasteiger charge is 2.65. The van der Waals surface area contributed by atoms with Crippen LogP contribution in [0.25, 0.3) is 0 Å². The number of carbonyl (C=O) groups excluding carboxylic acids is 1. The van der Waals surface area contributed by atoms with Crippen LogP contribution in [0.3, 0.4) is 0 Å². The van der Waals surface area contributed by atoms with Crippen LogP contribution in [-0.2, 0) is 47.4 Å². The van der Waals surface area contributed by atoms with Gasteiger partial charge in [-0.1, -0.05) is 20.1 Å². The minimum atomic E-state index is -0.950. The van der Waals surface area contributed by atoms with Gasteiger partial charge in [0.05, 0.1) is 86.5 Å². The molecule has 1 unspecified atom stereocenters. The van der Waals surface area contributed by atoms with E-state index in [-0.39, 0.29) is 111 Å². The number of hydrogen-bond donors (Lipinski definition) is 2. The fraction of sp³-hybridized carbons (Fsp3) is 0.875. The molecule has 10 rings (SSSR count). The maximum Gasteiger partial charge on any atom is 0.200 e. The molecule has 10 aliphatic rings. The van der Waals surface area contributed by atoms with Crippen molar-refractivity contribution < 1.29 is 57.6 Å². The Morgan fingerprint density at radius 3 is 2.48 bits per heavy atom. The number of Topliss-reactive ketones (excluding diaryl/α,β-unsaturated/α-hetero) is 1. The van der Waals surface area contributed by atoms with E-state index < -0.39 is 24.1 Å². The smallest absolute Gasteiger partial charge is 0.200 e. The fourth-order valence-electron chi connectivity index (χ4n) is 10.6. The first kappa shape index (κ1) is 37.6. The van der Waals surface area contributed by atoms with Crippen molar-refractivity contribution in [3.8, 4) is 0 Å². The average molecular weight is 733 g/mol. The number of methoxy groups -OCH3 is 1. The number of ketones is 1. The third-order valence-corrected chi connectivity index (χ3v) is 13.4. The number of carbonyl (C=O) groups is 1. The Bertz CT molecular complexity index is 1310. The van der Waals surface area contributed by atoms with Gasteiger partial charge in [0.25, 0.3) is 0 Å². The average Bonchev–Trinajstić information content (AvgIpc) is 3.70. The Labute approximate surface area is 307 Å². The van der Waals surface area contributed by atoms with E-state index in [1.807, 2.05) is 0 Å². The van der Waals surface area contributed by atoms with Crippen LogP contribution in [0, 0.1) is 11.8 Å². The van der Waals surface area contributed by atoms with E-state index in [4.69, 9.17) is 42.6 Å². The minimum Gasteiger partial charge on any atom is -0.394 e. The molecule has 10 saturated heterocycles. The van der Waals surface area contributed by atoms with E-state index in [9.17, 15) is 15.0 Å². The van der Waals surface area contributed by atoms with Crippen molar-refractivity contribution in [2.75, 3.05) is 26.9 Å². The van der Waals surface area contributed by atoms with Gasteiger partial charge in [-0.2, -0.15) is 0 Å². The lowest BCUT2D eigenvalue weighted by atomic mass is 9.81. The van der Waals surface area contributed by atoms with Crippen LogP contribution in [0.4, 0.5) is 0 Å². The van der Waals surface area contributed by atoms with Crippen molar-refractivity contribution in [1.29, 1.82) is 0 Å². The largest absolute Gasteiger partial charge is 0.394 e. The van der Waals surface area contributed by atoms with Crippen LogP contribution in [0.2, 0.25) is 0 Å². The van der Waals surface area contributed by atoms with Gasteiger partial charge in [-0.15, -0.1) is 0 Å². The van der Waals surface area contributed by atoms with Gasteiger partial charge in [0.1, 0.15) is 18.0 Å². The molecule has 0 aromatic carbocycles. The van der Waals surface area contributed by atoms with Crippen LogP contribution in [0.15, 0.2) is 24.3 Å². The third-order valence-electron chi connectivity index (χ3n) is 13.4. The molecule has 0 aromatic rings. The Morgan fingerprint density at radius 1 is 0.846 bits per heavy atom. The van der Waals surface area contributed by atoms with Crippen LogP contribution in [0.1, 0.15) is 90.4 Å². The molecule has 17 atom stereocenters. The van der Waals surface area contributed by atoms with Crippen molar-refractivity contribution in [2.24, 2.45) is 11.8 Å². The summed E-state index contributed by atoms with van der Waals surface area (Å²) in [7, 11) is 1.63. The summed E-state index contributed by atoms with van der Waals surface area (Å²) in [6, 6.07) is 0. The Kier molecular flexibility index (Phi) is 11.4. The van der Waals surface area contributed by atoms with Gasteiger partial charge in [-0.3, -0.25) is 4.79 Å². The van der Waals surface area contributed by atoms with Gasteiger partial charge >= 0.3 is 0 Å². The highest BCUT2D eigenvalue weighted by Crippen LogP contribution is 2.50. The van der Waals surface area contributed by atoms with E-state index in [1.54, 1.807) is 7.11 Å². The third kappa shape index (κ3) is 7.48. The molecule has 1 spiro atoms. The second-order valence-electron chi connectivity index (χ2n) is 16.9. The summed E-state index contributed by atoms with van der Waals surface area (Å²) < 4.78 is 58.8. The molecule has 10 fully saturated rings. The summed E-state index contributed by atoms with van der Waals surface area (Å²) in [6.45, 7) is 11.8. The van der Waals surface area contributed by atoms with E-state index in [0.717, 1.165) is 56.1 Å². The molecule has 12 nitrogen and oxygen atoms in total. The van der Waals surface area contributed by atoms with Crippen molar-refractivity contribution in [2.45, 2.75) is 182 Å². The molecule has 2 N–H and O–H groups in total. The predicted octanol–water partition coefficient (Wildman–Crippen LogP) is 3.72. The fourth-order valence-corrected chi connectivity index (χ4v) is 10.6. The molecule has 10 aliphatic heterocycles. The molecule has 0 aromatic heterocycles. The van der Waals surface area contributed by atoms with Crippen molar-refractivity contribution >= 4 is 5.78 Å². The molecular formula is C40H60O12. The first-order valence-electron chi connectivity index (χ1n) is 20.0. The maximum atomic E-state index is 13.9. The number of aliphatic hydroxyl groups excluding tert-OH is 2. The lowest BCUT2D eigenvalue weighted by Gasteiger charge is -2.49. The summed E-state index contributed by atoms with van der Waals surface area (Å²) in [4.78, 5) is 13.9. The molecule has 12 heteroatoms. The van der Waals surface area contributed by atoms with E-state index in [1.165, 1.54) is 0 Å². The van der Waals surface area contributed by atoms with Crippen molar-refractivity contribution in [3.63, 3.8) is 0 Å². The number of hydrogen-bond acceptors (Lipinski definition) is 12. The first-order chi connectivity index (χ1) is 25.1. The molecule has 52 heavy (non-hydrogen) atoms. The quantitative estimate of drug-likeness (QED) is 0.408. The summed E-state index contributed by atoms with van der Waals surface area (Å²) in [5, 5.41) is 20.0. The normalized spacial score (nSPS) is 49.2. The zero-order valence-corrected chi connectivity index (χ0v) is 30.9. The standard InChI is InChI=1S/C40H60O12/c1-21-13-26-5-7-30-22(2)14-28(47-30)9-11-45-38-32-10-12-46-40(52-32)19-36-31(51-39(38)40)8-6-27(49-36)15-24(42)16-29-34(18-33(48-26)23(21)3)50-35(37(29)44-4)17-25(43)20-41/h21,25-39,41,43H,2-3,5-20H2,1,4H3/t21-,25+,26+,27-,28+,29+,30+,31+,32+,33-,34+,35-,36-,37-,38-,39+,40?/m1/s1. The number of fused-ring (bicyclic) bond motifs is 2. The molecule has 11 bridgehead atoms. The van der Waals surface area contributed by atoms with Gasteiger partial charge in [0.2, 0.25) is 0 Å². The molecule has 0 amide bonds. The maximum absolute atomic E-state index is 13.9. The topological polar surface area (TPSA) is 141 Å². The monoisotopic (exact) mass is 732 g/mol. The van der Waals surface area contributed by atoms with E-state index in [2.05, 4.69) is 20.1 Å². The summed E-state index contributed by atoms with van der Waals surface area (Å²) >= 11 is 0. The highest BCUT2D eigenvalue weighted by molar-refractivity contribution is 5.79. The van der Waals surface area contributed by atoms with Crippen LogP contribution < -0.4 is 0 Å². The molecule has 0 radical (unpaired) electrons. The minimum absolute atomic E-state index is 0.0211. The summed E-state index contributed by atoms with van der Waals surface area (Å²) in [6.07, 6.45) is 4.54.